The molecule has 0 aliphatic carbocycles. The molecule has 0 spiro atoms. The fourth-order valence-electron chi connectivity index (χ4n) is 3.46. The van der Waals surface area contributed by atoms with Crippen molar-refractivity contribution >= 4 is 11.7 Å². The number of anilines is 1. The van der Waals surface area contributed by atoms with Crippen LogP contribution in [0.25, 0.3) is 0 Å². The van der Waals surface area contributed by atoms with Crippen LogP contribution in [0.15, 0.2) is 16.9 Å². The zero-order valence-corrected chi connectivity index (χ0v) is 16.8. The van der Waals surface area contributed by atoms with Gasteiger partial charge in [0.1, 0.15) is 24.3 Å². The molecule has 9 heteroatoms. The highest BCUT2D eigenvalue weighted by atomic mass is 16.5. The standard InChI is InChI=1S/C19H27N5O4/c1-12(20-19(25)15-10-28-23-13(15)2)14-5-7-24(8-6-14)17-9-18(27-4)22-16(21-17)11-26-3/h9-10,12,14H,5-8,11H2,1-4H3,(H,20,25)/t12-/m1/s1. The Hall–Kier alpha value is -2.68. The first-order valence-corrected chi connectivity index (χ1v) is 9.39. The molecule has 2 aromatic rings. The van der Waals surface area contributed by atoms with Crippen LogP contribution in [0, 0.1) is 12.8 Å². The van der Waals surface area contributed by atoms with Gasteiger partial charge in [-0.3, -0.25) is 4.79 Å². The number of carbonyl (C=O) groups excluding carboxylic acids is 1. The van der Waals surface area contributed by atoms with Gasteiger partial charge < -0.3 is 24.2 Å². The lowest BCUT2D eigenvalue weighted by atomic mass is 9.90. The van der Waals surface area contributed by atoms with Crippen molar-refractivity contribution in [2.45, 2.75) is 39.3 Å². The Balaban J connectivity index is 1.59. The summed E-state index contributed by atoms with van der Waals surface area (Å²) >= 11 is 0. The molecule has 0 radical (unpaired) electrons. The van der Waals surface area contributed by atoms with Crippen LogP contribution in [0.3, 0.4) is 0 Å². The first-order chi connectivity index (χ1) is 13.5. The van der Waals surface area contributed by atoms with E-state index in [-0.39, 0.29) is 11.9 Å². The second-order valence-corrected chi connectivity index (χ2v) is 7.02. The number of hydrogen-bond acceptors (Lipinski definition) is 8. The molecule has 1 aliphatic rings. The van der Waals surface area contributed by atoms with Gasteiger partial charge in [-0.25, -0.2) is 4.98 Å². The van der Waals surface area contributed by atoms with E-state index in [9.17, 15) is 4.79 Å². The maximum Gasteiger partial charge on any atom is 0.256 e. The number of hydrogen-bond donors (Lipinski definition) is 1. The number of piperidine rings is 1. The van der Waals surface area contributed by atoms with Crippen molar-refractivity contribution in [1.82, 2.24) is 20.4 Å². The normalized spacial score (nSPS) is 16.1. The van der Waals surface area contributed by atoms with Crippen molar-refractivity contribution < 1.29 is 18.8 Å². The molecule has 1 N–H and O–H groups in total. The van der Waals surface area contributed by atoms with E-state index in [1.54, 1.807) is 21.1 Å². The minimum atomic E-state index is -0.140. The van der Waals surface area contributed by atoms with E-state index in [0.29, 0.717) is 35.5 Å². The van der Waals surface area contributed by atoms with Gasteiger partial charge >= 0.3 is 0 Å². The molecule has 1 atom stereocenters. The number of carbonyl (C=O) groups is 1. The average molecular weight is 389 g/mol. The molecular weight excluding hydrogens is 362 g/mol. The fourth-order valence-corrected chi connectivity index (χ4v) is 3.46. The van der Waals surface area contributed by atoms with Crippen LogP contribution in [0.2, 0.25) is 0 Å². The van der Waals surface area contributed by atoms with E-state index in [2.05, 4.69) is 25.3 Å². The van der Waals surface area contributed by atoms with Gasteiger partial charge in [0.15, 0.2) is 5.82 Å². The molecule has 1 amide bonds. The molecule has 1 aliphatic heterocycles. The number of nitrogens with one attached hydrogen (secondary N) is 1. The molecule has 2 aromatic heterocycles. The summed E-state index contributed by atoms with van der Waals surface area (Å²) in [7, 11) is 3.21. The zero-order valence-electron chi connectivity index (χ0n) is 16.8. The number of rotatable bonds is 7. The molecule has 0 unspecified atom stereocenters. The minimum Gasteiger partial charge on any atom is -0.481 e. The molecule has 1 fully saturated rings. The molecule has 0 bridgehead atoms. The SMILES string of the molecule is COCc1nc(OC)cc(N2CCC([C@@H](C)NC(=O)c3conc3C)CC2)n1. The highest BCUT2D eigenvalue weighted by Gasteiger charge is 2.27. The van der Waals surface area contributed by atoms with Crippen LogP contribution in [0.4, 0.5) is 5.82 Å². The Labute approximate surface area is 164 Å². The summed E-state index contributed by atoms with van der Waals surface area (Å²) in [6.07, 6.45) is 3.30. The van der Waals surface area contributed by atoms with Crippen LogP contribution in [-0.4, -0.2) is 54.4 Å². The minimum absolute atomic E-state index is 0.0629. The molecule has 9 nitrogen and oxygen atoms in total. The molecule has 0 aromatic carbocycles. The quantitative estimate of drug-likeness (QED) is 0.767. The van der Waals surface area contributed by atoms with E-state index < -0.39 is 0 Å². The third kappa shape index (κ3) is 4.59. The summed E-state index contributed by atoms with van der Waals surface area (Å²) in [5.41, 5.74) is 1.09. The number of aryl methyl sites for hydroxylation is 1. The largest absolute Gasteiger partial charge is 0.481 e. The van der Waals surface area contributed by atoms with Crippen LogP contribution in [0.5, 0.6) is 5.88 Å². The maximum absolute atomic E-state index is 12.4. The Morgan fingerprint density at radius 2 is 2.11 bits per heavy atom. The highest BCUT2D eigenvalue weighted by Crippen LogP contribution is 2.26. The summed E-state index contributed by atoms with van der Waals surface area (Å²) in [5, 5.41) is 6.83. The topological polar surface area (TPSA) is 103 Å². The monoisotopic (exact) mass is 389 g/mol. The smallest absolute Gasteiger partial charge is 0.256 e. The predicted octanol–water partition coefficient (Wildman–Crippen LogP) is 1.96. The van der Waals surface area contributed by atoms with Gasteiger partial charge in [-0.2, -0.15) is 4.98 Å². The second-order valence-electron chi connectivity index (χ2n) is 7.02. The predicted molar refractivity (Wildman–Crippen MR) is 102 cm³/mol. The molecule has 0 saturated carbocycles. The van der Waals surface area contributed by atoms with E-state index in [0.717, 1.165) is 31.7 Å². The van der Waals surface area contributed by atoms with Gasteiger partial charge in [-0.15, -0.1) is 0 Å². The van der Waals surface area contributed by atoms with Crippen molar-refractivity contribution in [3.63, 3.8) is 0 Å². The number of methoxy groups -OCH3 is 2. The van der Waals surface area contributed by atoms with Gasteiger partial charge in [0.2, 0.25) is 5.88 Å². The summed E-state index contributed by atoms with van der Waals surface area (Å²) in [4.78, 5) is 23.5. The van der Waals surface area contributed by atoms with E-state index in [1.165, 1.54) is 6.26 Å². The lowest BCUT2D eigenvalue weighted by Crippen LogP contribution is -2.44. The molecule has 3 rings (SSSR count). The molecule has 1 saturated heterocycles. The lowest BCUT2D eigenvalue weighted by molar-refractivity contribution is 0.0921. The maximum atomic E-state index is 12.4. The third-order valence-corrected chi connectivity index (χ3v) is 5.14. The van der Waals surface area contributed by atoms with Gasteiger partial charge in [0.05, 0.1) is 12.8 Å². The average Bonchev–Trinajstić information content (AvgIpc) is 3.14. The van der Waals surface area contributed by atoms with E-state index in [4.69, 9.17) is 14.0 Å². The molecule has 28 heavy (non-hydrogen) atoms. The van der Waals surface area contributed by atoms with E-state index in [1.807, 2.05) is 13.0 Å². The van der Waals surface area contributed by atoms with Gasteiger partial charge in [0.25, 0.3) is 5.91 Å². The van der Waals surface area contributed by atoms with Crippen LogP contribution in [0.1, 0.15) is 41.6 Å². The van der Waals surface area contributed by atoms with Crippen molar-refractivity contribution in [2.75, 3.05) is 32.2 Å². The Kier molecular flexibility index (Phi) is 6.45. The van der Waals surface area contributed by atoms with Gasteiger partial charge in [0, 0.05) is 32.3 Å². The molecule has 3 heterocycles. The Bertz CT molecular complexity index is 801. The van der Waals surface area contributed by atoms with Crippen molar-refractivity contribution in [1.29, 1.82) is 0 Å². The van der Waals surface area contributed by atoms with Crippen LogP contribution in [-0.2, 0) is 11.3 Å². The third-order valence-electron chi connectivity index (χ3n) is 5.14. The number of nitrogens with zero attached hydrogens (tertiary/aromatic N) is 4. The Morgan fingerprint density at radius 3 is 2.71 bits per heavy atom. The second kappa shape index (κ2) is 9.01. The summed E-state index contributed by atoms with van der Waals surface area (Å²) in [6, 6.07) is 1.91. The Morgan fingerprint density at radius 1 is 1.36 bits per heavy atom. The summed E-state index contributed by atoms with van der Waals surface area (Å²) in [5.74, 6) is 2.22. The zero-order chi connectivity index (χ0) is 20.1. The fraction of sp³-hybridized carbons (Fsp3) is 0.579. The summed E-state index contributed by atoms with van der Waals surface area (Å²) in [6.45, 7) is 5.85. The van der Waals surface area contributed by atoms with Crippen LogP contribution < -0.4 is 15.0 Å². The molecule has 152 valence electrons. The van der Waals surface area contributed by atoms with Crippen molar-refractivity contribution in [2.24, 2.45) is 5.92 Å². The number of amides is 1. The first kappa shape index (κ1) is 20.1. The van der Waals surface area contributed by atoms with Gasteiger partial charge in [-0.05, 0) is 32.6 Å². The first-order valence-electron chi connectivity index (χ1n) is 9.39. The number of aromatic nitrogens is 3. The van der Waals surface area contributed by atoms with Gasteiger partial charge in [-0.1, -0.05) is 5.16 Å². The molecular formula is C19H27N5O4. The lowest BCUT2D eigenvalue weighted by Gasteiger charge is -2.35. The number of ether oxygens (including phenoxy) is 2. The summed E-state index contributed by atoms with van der Waals surface area (Å²) < 4.78 is 15.3. The highest BCUT2D eigenvalue weighted by molar-refractivity contribution is 5.94. The van der Waals surface area contributed by atoms with Crippen LogP contribution >= 0.6 is 0 Å². The van der Waals surface area contributed by atoms with Crippen molar-refractivity contribution in [3.05, 3.63) is 29.4 Å². The van der Waals surface area contributed by atoms with Crippen molar-refractivity contribution in [3.8, 4) is 5.88 Å². The van der Waals surface area contributed by atoms with E-state index >= 15 is 0 Å².